The lowest BCUT2D eigenvalue weighted by Gasteiger charge is -2.28. The minimum absolute atomic E-state index is 0.150. The van der Waals surface area contributed by atoms with Crippen LogP contribution in [0.4, 0.5) is 22.0 Å². The van der Waals surface area contributed by atoms with Crippen LogP contribution in [0.25, 0.3) is 0 Å². The quantitative estimate of drug-likeness (QED) is 0.396. The molecular formula is C25H31F5O2. The predicted molar refractivity (Wildman–Crippen MR) is 115 cm³/mol. The standard InChI is InChI=1S/C25H31F5O2/c1-15(2)14-31-21-12-18(23(3,4)5)10-16(22(21)27)13-24(6,7)17-8-9-19(26)20(11-17)32-25(28,29)30/h8-12,15H,13-14H2,1-7H3. The Bertz CT molecular complexity index is 941. The van der Waals surface area contributed by atoms with E-state index in [0.717, 1.165) is 17.7 Å². The van der Waals surface area contributed by atoms with Gasteiger partial charge in [0.2, 0.25) is 0 Å². The molecule has 0 bridgehead atoms. The van der Waals surface area contributed by atoms with Crippen molar-refractivity contribution in [3.63, 3.8) is 0 Å². The van der Waals surface area contributed by atoms with Crippen molar-refractivity contribution in [3.8, 4) is 11.5 Å². The number of hydrogen-bond acceptors (Lipinski definition) is 2. The van der Waals surface area contributed by atoms with Gasteiger partial charge < -0.3 is 9.47 Å². The molecule has 0 atom stereocenters. The second kappa shape index (κ2) is 9.28. The topological polar surface area (TPSA) is 18.5 Å². The maximum atomic E-state index is 15.3. The van der Waals surface area contributed by atoms with E-state index in [-0.39, 0.29) is 23.5 Å². The molecule has 2 aromatic carbocycles. The lowest BCUT2D eigenvalue weighted by molar-refractivity contribution is -0.275. The van der Waals surface area contributed by atoms with E-state index in [9.17, 15) is 17.6 Å². The summed E-state index contributed by atoms with van der Waals surface area (Å²) in [6.07, 6.45) is -4.85. The molecule has 0 heterocycles. The monoisotopic (exact) mass is 458 g/mol. The molecule has 0 aliphatic rings. The minimum Gasteiger partial charge on any atom is -0.490 e. The molecule has 2 nitrogen and oxygen atoms in total. The van der Waals surface area contributed by atoms with Crippen molar-refractivity contribution in [3.05, 3.63) is 58.7 Å². The maximum Gasteiger partial charge on any atom is 0.573 e. The number of hydrogen-bond donors (Lipinski definition) is 0. The van der Waals surface area contributed by atoms with Crippen molar-refractivity contribution in [2.75, 3.05) is 6.61 Å². The van der Waals surface area contributed by atoms with E-state index < -0.39 is 29.2 Å². The first-order valence-corrected chi connectivity index (χ1v) is 10.5. The predicted octanol–water partition coefficient (Wildman–Crippen LogP) is 7.72. The molecule has 0 aromatic heterocycles. The second-order valence-electron chi connectivity index (χ2n) is 10.2. The summed E-state index contributed by atoms with van der Waals surface area (Å²) in [6.45, 7) is 13.8. The van der Waals surface area contributed by atoms with Crippen LogP contribution in [0.2, 0.25) is 0 Å². The SMILES string of the molecule is CC(C)COc1cc(C(C)(C)C)cc(CC(C)(C)c2ccc(F)c(OC(F)(F)F)c2)c1F. The van der Waals surface area contributed by atoms with Gasteiger partial charge in [0.15, 0.2) is 23.1 Å². The Hall–Kier alpha value is -2.31. The zero-order valence-corrected chi connectivity index (χ0v) is 19.6. The average molecular weight is 459 g/mol. The van der Waals surface area contributed by atoms with Gasteiger partial charge in [-0.2, -0.15) is 0 Å². The first-order chi connectivity index (χ1) is 14.5. The van der Waals surface area contributed by atoms with Gasteiger partial charge in [0.25, 0.3) is 0 Å². The summed E-state index contributed by atoms with van der Waals surface area (Å²) in [5, 5.41) is 0. The smallest absolute Gasteiger partial charge is 0.490 e. The Morgan fingerprint density at radius 3 is 1.97 bits per heavy atom. The Morgan fingerprint density at radius 1 is 0.844 bits per heavy atom. The second-order valence-corrected chi connectivity index (χ2v) is 10.2. The number of alkyl halides is 3. The lowest BCUT2D eigenvalue weighted by atomic mass is 9.77. The van der Waals surface area contributed by atoms with Crippen LogP contribution in [0.5, 0.6) is 11.5 Å². The van der Waals surface area contributed by atoms with Gasteiger partial charge in [-0.3, -0.25) is 0 Å². The third-order valence-electron chi connectivity index (χ3n) is 5.12. The van der Waals surface area contributed by atoms with Gasteiger partial charge in [-0.15, -0.1) is 13.2 Å². The Labute approximate surface area is 186 Å². The minimum atomic E-state index is -5.01. The molecule has 0 N–H and O–H groups in total. The summed E-state index contributed by atoms with van der Waals surface area (Å²) in [4.78, 5) is 0. The molecule has 0 saturated carbocycles. The third-order valence-corrected chi connectivity index (χ3v) is 5.12. The first kappa shape index (κ1) is 25.9. The number of halogens is 5. The van der Waals surface area contributed by atoms with Gasteiger partial charge in [0, 0.05) is 0 Å². The van der Waals surface area contributed by atoms with E-state index >= 15 is 4.39 Å². The fraction of sp³-hybridized carbons (Fsp3) is 0.520. The Morgan fingerprint density at radius 2 is 1.44 bits per heavy atom. The van der Waals surface area contributed by atoms with Crippen LogP contribution < -0.4 is 9.47 Å². The van der Waals surface area contributed by atoms with Gasteiger partial charge in [-0.25, -0.2) is 8.78 Å². The van der Waals surface area contributed by atoms with Gasteiger partial charge in [-0.05, 0) is 58.1 Å². The van der Waals surface area contributed by atoms with Gasteiger partial charge in [-0.1, -0.05) is 60.6 Å². The fourth-order valence-electron chi connectivity index (χ4n) is 3.28. The van der Waals surface area contributed by atoms with Gasteiger partial charge in [0.05, 0.1) is 6.61 Å². The molecule has 7 heteroatoms. The van der Waals surface area contributed by atoms with Crippen LogP contribution in [-0.2, 0) is 17.3 Å². The highest BCUT2D eigenvalue weighted by molar-refractivity contribution is 5.42. The third kappa shape index (κ3) is 6.84. The highest BCUT2D eigenvalue weighted by Crippen LogP contribution is 2.37. The van der Waals surface area contributed by atoms with Crippen molar-refractivity contribution in [2.45, 2.75) is 72.1 Å². The molecule has 2 rings (SSSR count). The van der Waals surface area contributed by atoms with E-state index in [0.29, 0.717) is 17.7 Å². The van der Waals surface area contributed by atoms with Gasteiger partial charge >= 0.3 is 6.36 Å². The maximum absolute atomic E-state index is 15.3. The molecule has 0 saturated heterocycles. The van der Waals surface area contributed by atoms with Crippen LogP contribution >= 0.6 is 0 Å². The van der Waals surface area contributed by atoms with E-state index in [4.69, 9.17) is 4.74 Å². The van der Waals surface area contributed by atoms with Crippen molar-refractivity contribution in [2.24, 2.45) is 5.92 Å². The van der Waals surface area contributed by atoms with Crippen LogP contribution in [0.1, 0.15) is 65.2 Å². The van der Waals surface area contributed by atoms with Crippen molar-refractivity contribution in [1.82, 2.24) is 0 Å². The van der Waals surface area contributed by atoms with E-state index in [1.165, 1.54) is 6.07 Å². The summed E-state index contributed by atoms with van der Waals surface area (Å²) >= 11 is 0. The number of rotatable bonds is 7. The molecule has 0 aliphatic carbocycles. The summed E-state index contributed by atoms with van der Waals surface area (Å²) < 4.78 is 76.6. The first-order valence-electron chi connectivity index (χ1n) is 10.5. The number of ether oxygens (including phenoxy) is 2. The van der Waals surface area contributed by atoms with E-state index in [1.807, 2.05) is 34.6 Å². The Balaban J connectivity index is 2.47. The normalized spacial score (nSPS) is 12.9. The van der Waals surface area contributed by atoms with Crippen LogP contribution in [-0.4, -0.2) is 13.0 Å². The van der Waals surface area contributed by atoms with Crippen LogP contribution in [0, 0.1) is 17.6 Å². The molecule has 0 aliphatic heterocycles. The molecule has 0 unspecified atom stereocenters. The summed E-state index contributed by atoms with van der Waals surface area (Å²) in [5.74, 6) is -2.17. The van der Waals surface area contributed by atoms with Crippen molar-refractivity contribution < 1.29 is 31.4 Å². The highest BCUT2D eigenvalue weighted by atomic mass is 19.4. The number of benzene rings is 2. The van der Waals surface area contributed by atoms with Crippen LogP contribution in [0.15, 0.2) is 30.3 Å². The fourth-order valence-corrected chi connectivity index (χ4v) is 3.28. The molecule has 32 heavy (non-hydrogen) atoms. The molecule has 0 radical (unpaired) electrons. The zero-order valence-electron chi connectivity index (χ0n) is 19.6. The molecular weight excluding hydrogens is 427 g/mol. The Kier molecular flexibility index (Phi) is 7.52. The highest BCUT2D eigenvalue weighted by Gasteiger charge is 2.34. The summed E-state index contributed by atoms with van der Waals surface area (Å²) in [6, 6.07) is 6.79. The zero-order chi connectivity index (χ0) is 24.5. The lowest BCUT2D eigenvalue weighted by Crippen LogP contribution is -2.24. The summed E-state index contributed by atoms with van der Waals surface area (Å²) in [7, 11) is 0. The largest absolute Gasteiger partial charge is 0.573 e. The summed E-state index contributed by atoms with van der Waals surface area (Å²) in [5.41, 5.74) is 0.562. The molecule has 0 fully saturated rings. The molecule has 0 amide bonds. The van der Waals surface area contributed by atoms with Crippen LogP contribution in [0.3, 0.4) is 0 Å². The average Bonchev–Trinajstić information content (AvgIpc) is 2.61. The van der Waals surface area contributed by atoms with E-state index in [1.54, 1.807) is 26.0 Å². The van der Waals surface area contributed by atoms with Crippen molar-refractivity contribution in [1.29, 1.82) is 0 Å². The van der Waals surface area contributed by atoms with Crippen molar-refractivity contribution >= 4 is 0 Å². The molecule has 2 aromatic rings. The molecule has 0 spiro atoms. The van der Waals surface area contributed by atoms with E-state index in [2.05, 4.69) is 4.74 Å². The van der Waals surface area contributed by atoms with Gasteiger partial charge in [0.1, 0.15) is 0 Å². The molecule has 178 valence electrons.